The minimum Gasteiger partial charge on any atom is -0.384 e. The zero-order chi connectivity index (χ0) is 57.4. The monoisotopic (exact) mass is 1130 g/mol. The number of hydrogen-bond acceptors (Lipinski definition) is 17. The summed E-state index contributed by atoms with van der Waals surface area (Å²) in [4.78, 5) is 75.7. The fraction of sp³-hybridized carbons (Fsp3) is 0.561. The van der Waals surface area contributed by atoms with Gasteiger partial charge in [0, 0.05) is 50.4 Å². The number of amides is 4. The fourth-order valence-corrected chi connectivity index (χ4v) is 11.7. The van der Waals surface area contributed by atoms with Gasteiger partial charge in [-0.1, -0.05) is 58.9 Å². The number of halogens is 2. The first kappa shape index (κ1) is 59.6. The number of carbonyl (C=O) groups excluding carboxylic acids is 4. The number of hydrogen-bond donors (Lipinski definition) is 6. The molecule has 1 spiro atoms. The van der Waals surface area contributed by atoms with Crippen molar-refractivity contribution in [1.29, 1.82) is 0 Å². The molecule has 4 aliphatic rings. The third kappa shape index (κ3) is 15.5. The largest absolute Gasteiger partial charge is 0.384 e. The number of nitrogens with zero attached hydrogens (tertiary/aromatic N) is 8. The van der Waals surface area contributed by atoms with Crippen molar-refractivity contribution in [2.75, 3.05) is 93.9 Å². The second-order valence-electron chi connectivity index (χ2n) is 23.6. The van der Waals surface area contributed by atoms with Crippen molar-refractivity contribution in [1.82, 2.24) is 45.7 Å². The van der Waals surface area contributed by atoms with E-state index in [1.54, 1.807) is 27.2 Å². The summed E-state index contributed by atoms with van der Waals surface area (Å²) in [5.41, 5.74) is 10.5. The minimum atomic E-state index is -0.892. The highest BCUT2D eigenvalue weighted by Crippen LogP contribution is 2.35. The Morgan fingerprint density at radius 1 is 0.938 bits per heavy atom. The normalized spacial score (nSPS) is 19.4. The number of carbonyl (C=O) groups is 4. The van der Waals surface area contributed by atoms with E-state index in [-0.39, 0.29) is 80.2 Å². The number of likely N-dealkylation sites (tertiary alicyclic amines) is 2. The van der Waals surface area contributed by atoms with Crippen molar-refractivity contribution in [3.63, 3.8) is 0 Å². The molecule has 20 nitrogen and oxygen atoms in total. The number of hydrazine groups is 1. The van der Waals surface area contributed by atoms with Crippen molar-refractivity contribution in [2.24, 2.45) is 22.4 Å². The molecule has 2 aromatic carbocycles. The van der Waals surface area contributed by atoms with Gasteiger partial charge in [0.2, 0.25) is 23.6 Å². The maximum Gasteiger partial charge on any atom is 0.246 e. The third-order valence-corrected chi connectivity index (χ3v) is 16.7. The summed E-state index contributed by atoms with van der Waals surface area (Å²) < 4.78 is 42.5. The van der Waals surface area contributed by atoms with Crippen LogP contribution in [0.1, 0.15) is 103 Å². The SMILES string of the molecule is Cc1ncsc1-c1ccc(C(C)NC(=O)C2CCCN2C(=O)C(NC(=O)COCCOCCN(N)/C=C(\N)Nc2cc(N3CCC4(CC3)CN(c3cc(F)c(CN5CCC(C)(C)CC5)cc3F)CC(=O)N4)ncn2)C(C)(C)C)cc1. The Hall–Kier alpha value is -6.53. The van der Waals surface area contributed by atoms with Gasteiger partial charge in [0.05, 0.1) is 72.5 Å². The molecule has 0 saturated carbocycles. The first-order chi connectivity index (χ1) is 38.0. The van der Waals surface area contributed by atoms with E-state index in [4.69, 9.17) is 21.1 Å². The molecule has 0 radical (unpaired) electrons. The molecule has 4 aliphatic heterocycles. The quantitative estimate of drug-likeness (QED) is 0.0340. The average molecular weight is 1130 g/mol. The number of thiazole rings is 1. The Morgan fingerprint density at radius 2 is 1.66 bits per heavy atom. The minimum absolute atomic E-state index is 0.0632. The summed E-state index contributed by atoms with van der Waals surface area (Å²) in [5.74, 6) is 5.24. The molecule has 8 N–H and O–H groups in total. The number of nitrogens with one attached hydrogen (secondary N) is 4. The molecule has 4 saturated heterocycles. The molecule has 4 amide bonds. The van der Waals surface area contributed by atoms with Crippen molar-refractivity contribution in [3.8, 4) is 10.4 Å². The predicted molar refractivity (Wildman–Crippen MR) is 305 cm³/mol. The van der Waals surface area contributed by atoms with Crippen molar-refractivity contribution in [3.05, 3.63) is 94.8 Å². The van der Waals surface area contributed by atoms with Gasteiger partial charge in [-0.25, -0.2) is 29.6 Å². The average Bonchev–Trinajstić information content (AvgIpc) is 4.12. The molecule has 23 heteroatoms. The Bertz CT molecular complexity index is 2830. The molecule has 80 heavy (non-hydrogen) atoms. The zero-order valence-corrected chi connectivity index (χ0v) is 48.1. The number of anilines is 3. The van der Waals surface area contributed by atoms with Gasteiger partial charge in [-0.15, -0.1) is 11.3 Å². The predicted octanol–water partition coefficient (Wildman–Crippen LogP) is 5.56. The molecule has 0 aliphatic carbocycles. The van der Waals surface area contributed by atoms with Crippen LogP contribution in [-0.2, 0) is 35.2 Å². The van der Waals surface area contributed by atoms with Crippen LogP contribution in [0.5, 0.6) is 0 Å². The Labute approximate surface area is 472 Å². The first-order valence-electron chi connectivity index (χ1n) is 27.7. The lowest BCUT2D eigenvalue weighted by Gasteiger charge is -2.48. The van der Waals surface area contributed by atoms with Gasteiger partial charge in [-0.05, 0) is 93.5 Å². The maximum absolute atomic E-state index is 15.7. The van der Waals surface area contributed by atoms with Crippen LogP contribution in [0.15, 0.2) is 66.3 Å². The summed E-state index contributed by atoms with van der Waals surface area (Å²) >= 11 is 1.59. The zero-order valence-electron chi connectivity index (χ0n) is 47.3. The number of aryl methyl sites for hydroxylation is 1. The molecular formula is C57H80F2N14O6S. The van der Waals surface area contributed by atoms with Gasteiger partial charge >= 0.3 is 0 Å². The molecule has 3 atom stereocenters. The van der Waals surface area contributed by atoms with E-state index < -0.39 is 40.6 Å². The lowest BCUT2D eigenvalue weighted by Crippen LogP contribution is -2.66. The lowest BCUT2D eigenvalue weighted by molar-refractivity contribution is -0.144. The summed E-state index contributed by atoms with van der Waals surface area (Å²) in [6.07, 6.45) is 7.24. The van der Waals surface area contributed by atoms with E-state index in [9.17, 15) is 19.2 Å². The number of piperidine rings is 2. The van der Waals surface area contributed by atoms with Crippen molar-refractivity contribution < 1.29 is 37.4 Å². The van der Waals surface area contributed by atoms with Gasteiger partial charge in [-0.2, -0.15) is 0 Å². The number of nitrogens with two attached hydrogens (primary N) is 2. The van der Waals surface area contributed by atoms with Crippen LogP contribution in [0.4, 0.5) is 26.1 Å². The van der Waals surface area contributed by atoms with Crippen LogP contribution in [0.2, 0.25) is 0 Å². The number of ether oxygens (including phenoxy) is 2. The molecule has 4 aromatic rings. The van der Waals surface area contributed by atoms with Crippen molar-refractivity contribution >= 4 is 52.3 Å². The molecule has 2 aromatic heterocycles. The Morgan fingerprint density at radius 3 is 2.36 bits per heavy atom. The summed E-state index contributed by atoms with van der Waals surface area (Å²) in [5, 5.41) is 13.5. The van der Waals surface area contributed by atoms with Crippen LogP contribution in [0.3, 0.4) is 0 Å². The van der Waals surface area contributed by atoms with E-state index >= 15 is 8.78 Å². The topological polar surface area (TPSA) is 242 Å². The van der Waals surface area contributed by atoms with E-state index in [1.807, 2.05) is 64.4 Å². The van der Waals surface area contributed by atoms with Gasteiger partial charge in [0.1, 0.15) is 54.1 Å². The third-order valence-electron chi connectivity index (χ3n) is 15.7. The smallest absolute Gasteiger partial charge is 0.246 e. The van der Waals surface area contributed by atoms with E-state index in [0.717, 1.165) is 47.6 Å². The summed E-state index contributed by atoms with van der Waals surface area (Å²) in [7, 11) is 0. The highest BCUT2D eigenvalue weighted by Gasteiger charge is 2.44. The molecule has 6 heterocycles. The summed E-state index contributed by atoms with van der Waals surface area (Å²) in [6.45, 7) is 18.3. The highest BCUT2D eigenvalue weighted by molar-refractivity contribution is 7.13. The second-order valence-corrected chi connectivity index (χ2v) is 24.4. The molecule has 0 bridgehead atoms. The second kappa shape index (κ2) is 25.9. The van der Waals surface area contributed by atoms with Crippen molar-refractivity contribution in [2.45, 2.75) is 117 Å². The molecule has 8 rings (SSSR count). The van der Waals surface area contributed by atoms with Crippen LogP contribution >= 0.6 is 11.3 Å². The Balaban J connectivity index is 0.726. The summed E-state index contributed by atoms with van der Waals surface area (Å²) in [6, 6.07) is 10.5. The molecule has 4 fully saturated rings. The van der Waals surface area contributed by atoms with E-state index in [0.29, 0.717) is 75.6 Å². The van der Waals surface area contributed by atoms with E-state index in [2.05, 4.69) is 59.9 Å². The molecular weight excluding hydrogens is 1050 g/mol. The van der Waals surface area contributed by atoms with Gasteiger partial charge < -0.3 is 56.2 Å². The highest BCUT2D eigenvalue weighted by atomic mass is 32.1. The number of aromatic nitrogens is 3. The maximum atomic E-state index is 15.7. The van der Waals surface area contributed by atoms with Crippen LogP contribution in [-0.4, -0.2) is 150 Å². The van der Waals surface area contributed by atoms with Crippen LogP contribution in [0, 0.1) is 29.4 Å². The first-order valence-corrected chi connectivity index (χ1v) is 28.6. The van der Waals surface area contributed by atoms with Gasteiger partial charge in [-0.3, -0.25) is 24.1 Å². The Kier molecular flexibility index (Phi) is 19.3. The number of rotatable bonds is 21. The standard InChI is InChI=1S/C57H80F2N14O6S/c1-37(39-10-12-40(13-11-39)51-38(2)64-36-80-51)65-53(76)44-9-8-18-73(44)54(77)52(55(3,4)5)67-50(75)33-79-26-25-78-24-23-72(61)31-46(60)66-47-29-48(63-35-62-47)70-21-16-57(17-22-70)34-71(32-49(74)68-57)45-28-42(58)41(27-43(45)59)30-69-19-14-56(6,7)15-20-69/h10-13,27-29,31,35-37,44,52H,8-9,14-26,30,32-34,60-61H2,1-7H3,(H,65,76)(H,67,75)(H,68,74)(H,62,63,66)/b46-31+. The van der Waals surface area contributed by atoms with Gasteiger partial charge in [0.25, 0.3) is 0 Å². The molecule has 3 unspecified atom stereocenters. The lowest BCUT2D eigenvalue weighted by atomic mass is 9.82. The van der Waals surface area contributed by atoms with Gasteiger partial charge in [0.15, 0.2) is 0 Å². The number of benzene rings is 2. The van der Waals surface area contributed by atoms with E-state index in [1.165, 1.54) is 29.7 Å². The molecule has 434 valence electrons. The van der Waals surface area contributed by atoms with Crippen LogP contribution < -0.4 is 42.6 Å². The number of piperazine rings is 1. The van der Waals surface area contributed by atoms with Crippen LogP contribution in [0.25, 0.3) is 10.4 Å². The fourth-order valence-electron chi connectivity index (χ4n) is 10.9.